The van der Waals surface area contributed by atoms with E-state index < -0.39 is 66.9 Å². The number of alkyl halides is 6. The molecule has 0 bridgehead atoms. The highest BCUT2D eigenvalue weighted by molar-refractivity contribution is 7.91. The lowest BCUT2D eigenvalue weighted by molar-refractivity contribution is -0.142. The van der Waals surface area contributed by atoms with Gasteiger partial charge in [-0.2, -0.15) is 36.5 Å². The zero-order chi connectivity index (χ0) is 65.6. The number of alkyl carbamates (subject to hydrolysis) is 1. The Hall–Kier alpha value is -8.40. The molecule has 3 amide bonds. The molecule has 0 aliphatic heterocycles. The van der Waals surface area contributed by atoms with Gasteiger partial charge in [0.15, 0.2) is 31.1 Å². The first-order chi connectivity index (χ1) is 42.9. The minimum atomic E-state index is -4.82. The molecule has 8 aromatic rings. The molecule has 2 aromatic heterocycles. The number of rotatable bonds is 21. The summed E-state index contributed by atoms with van der Waals surface area (Å²) >= 11 is 0. The lowest BCUT2D eigenvalue weighted by atomic mass is 9.98. The van der Waals surface area contributed by atoms with Crippen molar-refractivity contribution >= 4 is 61.4 Å². The zero-order valence-corrected chi connectivity index (χ0v) is 53.1. The average Bonchev–Trinajstić information content (AvgIpc) is 1.63. The fraction of sp³-hybridized carbons (Fsp3) is 0.308. The second kappa shape index (κ2) is 28.6. The number of sulfone groups is 2. The Bertz CT molecular complexity index is 4170. The van der Waals surface area contributed by atoms with E-state index in [1.54, 1.807) is 142 Å². The number of hydrogen-bond donors (Lipinski definition) is 6. The molecule has 488 valence electrons. The molecule has 2 aliphatic carbocycles. The molecular formula is C65H69ClF6N10O8S2. The molecule has 2 unspecified atom stereocenters. The third-order valence-corrected chi connectivity index (χ3v) is 17.0. The average molecular weight is 1330 g/mol. The Morgan fingerprint density at radius 2 is 0.946 bits per heavy atom. The topological polar surface area (TPSA) is 251 Å². The van der Waals surface area contributed by atoms with Crippen LogP contribution in [-0.2, 0) is 49.9 Å². The van der Waals surface area contributed by atoms with Gasteiger partial charge in [0.2, 0.25) is 0 Å². The summed E-state index contributed by atoms with van der Waals surface area (Å²) in [5.41, 5.74) is 7.49. The van der Waals surface area contributed by atoms with E-state index in [-0.39, 0.29) is 70.1 Å². The predicted octanol–water partition coefficient (Wildman–Crippen LogP) is 12.2. The van der Waals surface area contributed by atoms with Crippen molar-refractivity contribution in [1.82, 2.24) is 35.5 Å². The second-order valence-corrected chi connectivity index (χ2v) is 27.5. The van der Waals surface area contributed by atoms with Crippen molar-refractivity contribution < 1.29 is 62.3 Å². The van der Waals surface area contributed by atoms with Crippen LogP contribution in [0.25, 0.3) is 11.4 Å². The number of hydrogen-bond acceptors (Lipinski definition) is 13. The number of ether oxygens (including phenoxy) is 1. The lowest BCUT2D eigenvalue weighted by Crippen LogP contribution is -2.32. The van der Waals surface area contributed by atoms with Crippen LogP contribution in [0.2, 0.25) is 0 Å². The third-order valence-electron chi connectivity index (χ3n) is 14.7. The van der Waals surface area contributed by atoms with Crippen LogP contribution in [0.1, 0.15) is 124 Å². The summed E-state index contributed by atoms with van der Waals surface area (Å²) in [5, 5.41) is 22.5. The predicted molar refractivity (Wildman–Crippen MR) is 338 cm³/mol. The number of nitrogens with two attached hydrogens (primary N) is 1. The van der Waals surface area contributed by atoms with Gasteiger partial charge in [0.25, 0.3) is 11.8 Å². The van der Waals surface area contributed by atoms with Crippen LogP contribution in [0.4, 0.5) is 42.5 Å². The third kappa shape index (κ3) is 18.9. The van der Waals surface area contributed by atoms with E-state index in [2.05, 4.69) is 36.8 Å². The van der Waals surface area contributed by atoms with E-state index in [1.807, 2.05) is 12.1 Å². The smallest absolute Gasteiger partial charge is 0.435 e. The molecule has 2 fully saturated rings. The molecule has 7 N–H and O–H groups in total. The van der Waals surface area contributed by atoms with Crippen molar-refractivity contribution in [2.24, 2.45) is 17.6 Å². The Balaban J connectivity index is 0.000000237. The molecule has 2 heterocycles. The Labute approximate surface area is 535 Å². The van der Waals surface area contributed by atoms with Gasteiger partial charge in [-0.25, -0.2) is 31.0 Å². The standard InChI is InChI=1S/C35H38F3N5O5S.C30H30F3N5O3S.ClH/c1-34(2,3)48-33(45)40-21-23-7-5-10-27(17-23)43-29(19-30(42-43)35(36,37)38)32(44)41-26-9-6-8-25(18-26)31(39-20-22-11-12-22)24-13-15-28(16-14-24)49(4,46)47;1-42(40,41)25-12-10-21(11-13-25)28(35-18-19-8-9-19)22-5-3-6-23(15-22)36-29(39)26-16-27(30(31,32)33)37-38(26)24-7-2-4-20(14-24)17-34;/h5-10,13-19,22,31,39H,11-12,20-21H2,1-4H3,(H,40,45)(H,41,44);2-7,10-16,19,28,35H,8-9,17-18,34H2,1H3,(H,36,39);1H. The molecular weight excluding hydrogens is 1260 g/mol. The van der Waals surface area contributed by atoms with Crippen LogP contribution >= 0.6 is 12.4 Å². The van der Waals surface area contributed by atoms with E-state index >= 15 is 0 Å². The number of anilines is 2. The molecule has 0 spiro atoms. The molecule has 6 aromatic carbocycles. The first-order valence-electron chi connectivity index (χ1n) is 29.0. The SMILES string of the molecule is CC(C)(C)OC(=O)NCc1cccc(-n2nc(C(F)(F)F)cc2C(=O)Nc2cccc(C(NCC3CC3)c3ccc(S(C)(=O)=O)cc3)c2)c1.CS(=O)(=O)c1ccc(C(NCC2CC2)c2cccc(NC(=O)c3cc(C(F)(F)F)nn3-c3cccc(CN)c3)c2)cc1.Cl. The van der Waals surface area contributed by atoms with E-state index in [1.165, 1.54) is 12.1 Å². The summed E-state index contributed by atoms with van der Waals surface area (Å²) in [6, 6.07) is 40.6. The number of carbonyl (C=O) groups excluding carboxylic acids is 3. The van der Waals surface area contributed by atoms with Crippen LogP contribution in [0.3, 0.4) is 0 Å². The highest BCUT2D eigenvalue weighted by Crippen LogP contribution is 2.35. The zero-order valence-electron chi connectivity index (χ0n) is 50.6. The maximum Gasteiger partial charge on any atom is 0.435 e. The monoisotopic (exact) mass is 1330 g/mol. The highest BCUT2D eigenvalue weighted by atomic mass is 35.5. The van der Waals surface area contributed by atoms with E-state index in [0.717, 1.165) is 89.0 Å². The summed E-state index contributed by atoms with van der Waals surface area (Å²) < 4.78 is 137. The summed E-state index contributed by atoms with van der Waals surface area (Å²) in [5.74, 6) is -0.493. The number of halogens is 7. The number of amides is 3. The lowest BCUT2D eigenvalue weighted by Gasteiger charge is -2.21. The van der Waals surface area contributed by atoms with Crippen molar-refractivity contribution in [3.8, 4) is 11.4 Å². The maximum absolute atomic E-state index is 13.8. The molecule has 0 saturated heterocycles. The van der Waals surface area contributed by atoms with Crippen molar-refractivity contribution in [1.29, 1.82) is 0 Å². The van der Waals surface area contributed by atoms with Crippen LogP contribution in [0.5, 0.6) is 0 Å². The van der Waals surface area contributed by atoms with Gasteiger partial charge in [-0.05, 0) is 178 Å². The molecule has 2 aliphatic rings. The Morgan fingerprint density at radius 3 is 1.32 bits per heavy atom. The molecule has 27 heteroatoms. The fourth-order valence-corrected chi connectivity index (χ4v) is 11.0. The van der Waals surface area contributed by atoms with Crippen molar-refractivity contribution in [2.45, 2.75) is 99.4 Å². The van der Waals surface area contributed by atoms with Crippen molar-refractivity contribution in [3.05, 3.63) is 214 Å². The van der Waals surface area contributed by atoms with Gasteiger partial charge < -0.3 is 37.1 Å². The summed E-state index contributed by atoms with van der Waals surface area (Å²) in [4.78, 5) is 39.5. The van der Waals surface area contributed by atoms with Crippen molar-refractivity contribution in [2.75, 3.05) is 36.2 Å². The van der Waals surface area contributed by atoms with Gasteiger partial charge in [0.1, 0.15) is 17.0 Å². The first-order valence-corrected chi connectivity index (χ1v) is 32.8. The minimum absolute atomic E-state index is 0. The summed E-state index contributed by atoms with van der Waals surface area (Å²) in [6.45, 7) is 6.85. The first kappa shape index (κ1) is 69.5. The maximum atomic E-state index is 13.8. The van der Waals surface area contributed by atoms with Gasteiger partial charge in [-0.1, -0.05) is 72.8 Å². The molecule has 0 radical (unpaired) electrons. The fourth-order valence-electron chi connectivity index (χ4n) is 9.72. The van der Waals surface area contributed by atoms with Crippen LogP contribution in [-0.4, -0.2) is 85.5 Å². The molecule has 18 nitrogen and oxygen atoms in total. The quantitative estimate of drug-likeness (QED) is 0.0367. The molecule has 10 rings (SSSR count). The van der Waals surface area contributed by atoms with E-state index in [0.29, 0.717) is 40.4 Å². The van der Waals surface area contributed by atoms with Gasteiger partial charge in [-0.15, -0.1) is 12.4 Å². The van der Waals surface area contributed by atoms with E-state index in [9.17, 15) is 57.6 Å². The number of nitrogens with one attached hydrogen (secondary N) is 5. The summed E-state index contributed by atoms with van der Waals surface area (Å²) in [6.07, 6.45) is -3.46. The summed E-state index contributed by atoms with van der Waals surface area (Å²) in [7, 11) is -6.74. The normalized spacial score (nSPS) is 14.2. The largest absolute Gasteiger partial charge is 0.444 e. The van der Waals surface area contributed by atoms with E-state index in [4.69, 9.17) is 10.5 Å². The van der Waals surface area contributed by atoms with Gasteiger partial charge in [0, 0.05) is 49.1 Å². The highest BCUT2D eigenvalue weighted by Gasteiger charge is 2.38. The number of benzene rings is 6. The van der Waals surface area contributed by atoms with Crippen LogP contribution in [0, 0.1) is 11.8 Å². The van der Waals surface area contributed by atoms with Crippen LogP contribution in [0.15, 0.2) is 168 Å². The Kier molecular flexibility index (Phi) is 21.6. The number of nitrogens with zero attached hydrogens (tertiary/aromatic N) is 4. The molecule has 2 saturated carbocycles. The second-order valence-electron chi connectivity index (χ2n) is 23.5. The van der Waals surface area contributed by atoms with Gasteiger partial charge >= 0.3 is 18.4 Å². The molecule has 2 atom stereocenters. The minimum Gasteiger partial charge on any atom is -0.444 e. The van der Waals surface area contributed by atoms with Gasteiger partial charge in [0.05, 0.1) is 33.2 Å². The van der Waals surface area contributed by atoms with Crippen molar-refractivity contribution in [3.63, 3.8) is 0 Å². The van der Waals surface area contributed by atoms with Crippen LogP contribution < -0.4 is 32.3 Å². The molecule has 92 heavy (non-hydrogen) atoms. The number of aromatic nitrogens is 4. The van der Waals surface area contributed by atoms with Gasteiger partial charge in [-0.3, -0.25) is 9.59 Å². The number of carbonyl (C=O) groups is 3. The Morgan fingerprint density at radius 1 is 0.554 bits per heavy atom.